The molecule has 0 radical (unpaired) electrons. The molecule has 1 amide bonds. The zero-order chi connectivity index (χ0) is 12.9. The summed E-state index contributed by atoms with van der Waals surface area (Å²) >= 11 is 0. The standard InChI is InChI=1S/C11H22N2O3S/c1-17(15,16)7-3-6-13-10(14)8-11(9-12)4-2-5-11/h2-9,12H2,1H3,(H,13,14). The van der Waals surface area contributed by atoms with Crippen LogP contribution in [0.1, 0.15) is 32.1 Å². The Kier molecular flexibility index (Phi) is 4.94. The smallest absolute Gasteiger partial charge is 0.220 e. The van der Waals surface area contributed by atoms with Crippen LogP contribution in [0.3, 0.4) is 0 Å². The summed E-state index contributed by atoms with van der Waals surface area (Å²) in [6.07, 6.45) is 5.36. The molecule has 5 nitrogen and oxygen atoms in total. The van der Waals surface area contributed by atoms with E-state index < -0.39 is 9.84 Å². The van der Waals surface area contributed by atoms with Gasteiger partial charge in [-0.25, -0.2) is 8.42 Å². The fourth-order valence-corrected chi connectivity index (χ4v) is 2.76. The molecule has 0 heterocycles. The van der Waals surface area contributed by atoms with Crippen LogP contribution in [0, 0.1) is 5.41 Å². The Morgan fingerprint density at radius 1 is 1.41 bits per heavy atom. The number of nitrogens with two attached hydrogens (primary N) is 1. The largest absolute Gasteiger partial charge is 0.356 e. The van der Waals surface area contributed by atoms with E-state index in [1.807, 2.05) is 0 Å². The monoisotopic (exact) mass is 262 g/mol. The van der Waals surface area contributed by atoms with Crippen LogP contribution in [-0.4, -0.2) is 39.4 Å². The molecular weight excluding hydrogens is 240 g/mol. The van der Waals surface area contributed by atoms with Crippen molar-refractivity contribution in [3.63, 3.8) is 0 Å². The molecule has 0 unspecified atom stereocenters. The second-order valence-electron chi connectivity index (χ2n) is 5.07. The number of amides is 1. The zero-order valence-corrected chi connectivity index (χ0v) is 11.2. The van der Waals surface area contributed by atoms with Crippen LogP contribution >= 0.6 is 0 Å². The molecule has 0 atom stereocenters. The lowest BCUT2D eigenvalue weighted by Crippen LogP contribution is -2.42. The van der Waals surface area contributed by atoms with Gasteiger partial charge in [0.05, 0.1) is 5.75 Å². The topological polar surface area (TPSA) is 89.3 Å². The first kappa shape index (κ1) is 14.4. The van der Waals surface area contributed by atoms with Gasteiger partial charge in [-0.05, 0) is 31.2 Å². The molecule has 0 spiro atoms. The number of rotatable bonds is 7. The first-order chi connectivity index (χ1) is 7.87. The first-order valence-electron chi connectivity index (χ1n) is 6.01. The number of sulfone groups is 1. The summed E-state index contributed by atoms with van der Waals surface area (Å²) < 4.78 is 21.8. The maximum absolute atomic E-state index is 11.6. The average Bonchev–Trinajstić information content (AvgIpc) is 2.17. The molecule has 0 aromatic rings. The molecule has 0 aromatic heterocycles. The minimum absolute atomic E-state index is 0.0105. The van der Waals surface area contributed by atoms with Crippen molar-refractivity contribution in [2.75, 3.05) is 25.1 Å². The predicted octanol–water partition coefficient (Wildman–Crippen LogP) is 0.0564. The van der Waals surface area contributed by atoms with E-state index in [1.54, 1.807) is 0 Å². The Balaban J connectivity index is 2.17. The molecule has 1 fully saturated rings. The third-order valence-corrected chi connectivity index (χ3v) is 4.43. The number of hydrogen-bond donors (Lipinski definition) is 2. The highest BCUT2D eigenvalue weighted by molar-refractivity contribution is 7.90. The van der Waals surface area contributed by atoms with Gasteiger partial charge in [0.2, 0.25) is 5.91 Å². The summed E-state index contributed by atoms with van der Waals surface area (Å²) in [5, 5.41) is 2.75. The van der Waals surface area contributed by atoms with Crippen LogP contribution in [-0.2, 0) is 14.6 Å². The van der Waals surface area contributed by atoms with E-state index in [-0.39, 0.29) is 17.1 Å². The SMILES string of the molecule is CS(=O)(=O)CCCNC(=O)CC1(CN)CCC1. The predicted molar refractivity (Wildman–Crippen MR) is 67.3 cm³/mol. The number of nitrogens with one attached hydrogen (secondary N) is 1. The Hall–Kier alpha value is -0.620. The average molecular weight is 262 g/mol. The van der Waals surface area contributed by atoms with Gasteiger partial charge in [-0.2, -0.15) is 0 Å². The van der Waals surface area contributed by atoms with Crippen molar-refractivity contribution in [2.45, 2.75) is 32.1 Å². The minimum atomic E-state index is -2.93. The van der Waals surface area contributed by atoms with Crippen molar-refractivity contribution in [1.82, 2.24) is 5.32 Å². The maximum Gasteiger partial charge on any atom is 0.220 e. The number of carbonyl (C=O) groups excluding carboxylic acids is 1. The molecule has 1 saturated carbocycles. The van der Waals surface area contributed by atoms with Crippen molar-refractivity contribution in [1.29, 1.82) is 0 Å². The maximum atomic E-state index is 11.6. The van der Waals surface area contributed by atoms with Crippen LogP contribution in [0.5, 0.6) is 0 Å². The first-order valence-corrected chi connectivity index (χ1v) is 8.07. The van der Waals surface area contributed by atoms with Crippen molar-refractivity contribution in [2.24, 2.45) is 11.1 Å². The van der Waals surface area contributed by atoms with E-state index >= 15 is 0 Å². The van der Waals surface area contributed by atoms with E-state index in [9.17, 15) is 13.2 Å². The summed E-state index contributed by atoms with van der Waals surface area (Å²) in [6, 6.07) is 0. The summed E-state index contributed by atoms with van der Waals surface area (Å²) in [4.78, 5) is 11.6. The molecule has 6 heteroatoms. The molecule has 3 N–H and O–H groups in total. The Labute approximate surface area is 103 Å². The molecule has 1 aliphatic carbocycles. The summed E-state index contributed by atoms with van der Waals surface area (Å²) in [5.41, 5.74) is 5.68. The minimum Gasteiger partial charge on any atom is -0.356 e. The lowest BCUT2D eigenvalue weighted by atomic mass is 9.66. The summed E-state index contributed by atoms with van der Waals surface area (Å²) in [7, 11) is -2.93. The fraction of sp³-hybridized carbons (Fsp3) is 0.909. The van der Waals surface area contributed by atoms with Gasteiger partial charge in [-0.15, -0.1) is 0 Å². The van der Waals surface area contributed by atoms with E-state index in [0.717, 1.165) is 19.3 Å². The molecule has 1 aliphatic rings. The number of carbonyl (C=O) groups is 1. The third-order valence-electron chi connectivity index (χ3n) is 3.40. The lowest BCUT2D eigenvalue weighted by Gasteiger charge is -2.40. The van der Waals surface area contributed by atoms with Gasteiger partial charge in [-0.3, -0.25) is 4.79 Å². The van der Waals surface area contributed by atoms with Crippen LogP contribution in [0.25, 0.3) is 0 Å². The molecule has 17 heavy (non-hydrogen) atoms. The normalized spacial score (nSPS) is 18.5. The van der Waals surface area contributed by atoms with Gasteiger partial charge in [0.15, 0.2) is 0 Å². The molecule has 0 aromatic carbocycles. The van der Waals surface area contributed by atoms with Crippen LogP contribution in [0.2, 0.25) is 0 Å². The molecule has 0 bridgehead atoms. The van der Waals surface area contributed by atoms with Crippen LogP contribution < -0.4 is 11.1 Å². The van der Waals surface area contributed by atoms with Gasteiger partial charge in [0.1, 0.15) is 9.84 Å². The van der Waals surface area contributed by atoms with Gasteiger partial charge in [0, 0.05) is 19.2 Å². The van der Waals surface area contributed by atoms with E-state index in [2.05, 4.69) is 5.32 Å². The Morgan fingerprint density at radius 3 is 2.47 bits per heavy atom. The van der Waals surface area contributed by atoms with Crippen molar-refractivity contribution >= 4 is 15.7 Å². The molecule has 100 valence electrons. The van der Waals surface area contributed by atoms with Crippen molar-refractivity contribution in [3.8, 4) is 0 Å². The second-order valence-corrected chi connectivity index (χ2v) is 7.33. The zero-order valence-electron chi connectivity index (χ0n) is 10.4. The van der Waals surface area contributed by atoms with Crippen LogP contribution in [0.15, 0.2) is 0 Å². The van der Waals surface area contributed by atoms with Crippen LogP contribution in [0.4, 0.5) is 0 Å². The highest BCUT2D eigenvalue weighted by Gasteiger charge is 2.37. The quantitative estimate of drug-likeness (QED) is 0.635. The Morgan fingerprint density at radius 2 is 2.06 bits per heavy atom. The van der Waals surface area contributed by atoms with Gasteiger partial charge >= 0.3 is 0 Å². The number of hydrogen-bond acceptors (Lipinski definition) is 4. The third kappa shape index (κ3) is 5.04. The Bertz CT molecular complexity index is 355. The van der Waals surface area contributed by atoms with Gasteiger partial charge in [0.25, 0.3) is 0 Å². The molecule has 0 saturated heterocycles. The summed E-state index contributed by atoms with van der Waals surface area (Å²) in [6.45, 7) is 0.982. The molecule has 1 rings (SSSR count). The highest BCUT2D eigenvalue weighted by Crippen LogP contribution is 2.42. The molecular formula is C11H22N2O3S. The van der Waals surface area contributed by atoms with E-state index in [4.69, 9.17) is 5.73 Å². The van der Waals surface area contributed by atoms with Gasteiger partial charge < -0.3 is 11.1 Å². The van der Waals surface area contributed by atoms with E-state index in [1.165, 1.54) is 6.26 Å². The van der Waals surface area contributed by atoms with Gasteiger partial charge in [-0.1, -0.05) is 6.42 Å². The highest BCUT2D eigenvalue weighted by atomic mass is 32.2. The lowest BCUT2D eigenvalue weighted by molar-refractivity contribution is -0.124. The van der Waals surface area contributed by atoms with E-state index in [0.29, 0.717) is 25.9 Å². The van der Waals surface area contributed by atoms with Crippen molar-refractivity contribution in [3.05, 3.63) is 0 Å². The van der Waals surface area contributed by atoms with Crippen molar-refractivity contribution < 1.29 is 13.2 Å². The fourth-order valence-electron chi connectivity index (χ4n) is 2.10. The molecule has 0 aliphatic heterocycles. The summed E-state index contributed by atoms with van der Waals surface area (Å²) in [5.74, 6) is 0.110. The second kappa shape index (κ2) is 5.82.